The average Bonchev–Trinajstić information content (AvgIpc) is 2.60. The molecule has 1 N–H and O–H groups in total. The van der Waals surface area contributed by atoms with Crippen LogP contribution in [0.4, 0.5) is 11.4 Å². The fourth-order valence-corrected chi connectivity index (χ4v) is 2.11. The molecule has 0 radical (unpaired) electrons. The van der Waals surface area contributed by atoms with Gasteiger partial charge in [-0.25, -0.2) is 0 Å². The number of anilines is 2. The van der Waals surface area contributed by atoms with Crippen LogP contribution in [0.5, 0.6) is 5.75 Å². The van der Waals surface area contributed by atoms with Crippen LogP contribution >= 0.6 is 0 Å². The molecule has 6 heteroatoms. The Morgan fingerprint density at radius 2 is 1.92 bits per heavy atom. The highest BCUT2D eigenvalue weighted by Crippen LogP contribution is 2.28. The number of hydrogen-bond acceptors (Lipinski definition) is 4. The topological polar surface area (TPSA) is 71.5 Å². The molecule has 0 bridgehead atoms. The van der Waals surface area contributed by atoms with Crippen LogP contribution in [-0.2, 0) is 4.79 Å². The van der Waals surface area contributed by atoms with Crippen molar-refractivity contribution < 1.29 is 14.3 Å². The van der Waals surface area contributed by atoms with Crippen molar-refractivity contribution in [1.82, 2.24) is 4.98 Å². The molecule has 25 heavy (non-hydrogen) atoms. The lowest BCUT2D eigenvalue weighted by Crippen LogP contribution is -2.29. The molecular formula is C19H23N3O3. The SMILES string of the molecule is COc1ccc(C(=O)N(C)c2cccnc2)cc1NC(=O)C(C)(C)C. The first-order valence-corrected chi connectivity index (χ1v) is 7.91. The summed E-state index contributed by atoms with van der Waals surface area (Å²) in [6.45, 7) is 5.46. The molecule has 0 aliphatic rings. The highest BCUT2D eigenvalue weighted by Gasteiger charge is 2.23. The summed E-state index contributed by atoms with van der Waals surface area (Å²) in [7, 11) is 3.20. The normalized spacial score (nSPS) is 10.9. The van der Waals surface area contributed by atoms with E-state index in [-0.39, 0.29) is 11.8 Å². The van der Waals surface area contributed by atoms with E-state index in [0.29, 0.717) is 22.7 Å². The maximum Gasteiger partial charge on any atom is 0.258 e. The van der Waals surface area contributed by atoms with Gasteiger partial charge in [0, 0.05) is 24.2 Å². The van der Waals surface area contributed by atoms with E-state index < -0.39 is 5.41 Å². The van der Waals surface area contributed by atoms with Crippen LogP contribution in [0.1, 0.15) is 31.1 Å². The quantitative estimate of drug-likeness (QED) is 0.926. The van der Waals surface area contributed by atoms with Crippen LogP contribution in [0.2, 0.25) is 0 Å². The molecule has 2 amide bonds. The first kappa shape index (κ1) is 18.4. The molecule has 2 rings (SSSR count). The number of carbonyl (C=O) groups excluding carboxylic acids is 2. The van der Waals surface area contributed by atoms with Crippen molar-refractivity contribution >= 4 is 23.2 Å². The van der Waals surface area contributed by atoms with Crippen LogP contribution in [0.25, 0.3) is 0 Å². The fourth-order valence-electron chi connectivity index (χ4n) is 2.11. The number of hydrogen-bond donors (Lipinski definition) is 1. The second-order valence-electron chi connectivity index (χ2n) is 6.69. The molecule has 0 aliphatic heterocycles. The van der Waals surface area contributed by atoms with Gasteiger partial charge in [-0.15, -0.1) is 0 Å². The predicted octanol–water partition coefficient (Wildman–Crippen LogP) is 3.35. The van der Waals surface area contributed by atoms with Gasteiger partial charge >= 0.3 is 0 Å². The third kappa shape index (κ3) is 4.35. The summed E-state index contributed by atoms with van der Waals surface area (Å²) in [6.07, 6.45) is 3.26. The van der Waals surface area contributed by atoms with Gasteiger partial charge in [0.1, 0.15) is 5.75 Å². The number of pyridine rings is 1. The minimum Gasteiger partial charge on any atom is -0.495 e. The van der Waals surface area contributed by atoms with Crippen LogP contribution in [0, 0.1) is 5.41 Å². The van der Waals surface area contributed by atoms with Gasteiger partial charge in [-0.05, 0) is 30.3 Å². The number of aromatic nitrogens is 1. The van der Waals surface area contributed by atoms with Gasteiger partial charge in [0.25, 0.3) is 5.91 Å². The molecule has 0 fully saturated rings. The number of amides is 2. The molecule has 1 aromatic heterocycles. The van der Waals surface area contributed by atoms with Crippen LogP contribution < -0.4 is 15.0 Å². The molecule has 1 heterocycles. The Morgan fingerprint density at radius 3 is 2.48 bits per heavy atom. The van der Waals surface area contributed by atoms with Crippen molar-refractivity contribution in [2.45, 2.75) is 20.8 Å². The summed E-state index contributed by atoms with van der Waals surface area (Å²) >= 11 is 0. The summed E-state index contributed by atoms with van der Waals surface area (Å²) in [5.41, 5.74) is 1.03. The fraction of sp³-hybridized carbons (Fsp3) is 0.316. The highest BCUT2D eigenvalue weighted by atomic mass is 16.5. The molecule has 1 aromatic carbocycles. The van der Waals surface area contributed by atoms with E-state index in [2.05, 4.69) is 10.3 Å². The van der Waals surface area contributed by atoms with Crippen LogP contribution in [0.3, 0.4) is 0 Å². The van der Waals surface area contributed by atoms with E-state index in [1.54, 1.807) is 49.8 Å². The summed E-state index contributed by atoms with van der Waals surface area (Å²) < 4.78 is 5.29. The molecule has 0 saturated carbocycles. The predicted molar refractivity (Wildman–Crippen MR) is 98.0 cm³/mol. The van der Waals surface area contributed by atoms with Crippen molar-refractivity contribution in [2.75, 3.05) is 24.4 Å². The number of benzene rings is 1. The van der Waals surface area contributed by atoms with E-state index in [0.717, 1.165) is 0 Å². The standard InChI is InChI=1S/C19H23N3O3/c1-19(2,3)18(24)21-15-11-13(8-9-16(15)25-5)17(23)22(4)14-7-6-10-20-12-14/h6-12H,1-5H3,(H,21,24). The minimum atomic E-state index is -0.558. The van der Waals surface area contributed by atoms with E-state index in [1.165, 1.54) is 12.0 Å². The largest absolute Gasteiger partial charge is 0.495 e. The van der Waals surface area contributed by atoms with Crippen molar-refractivity contribution in [3.05, 3.63) is 48.3 Å². The van der Waals surface area contributed by atoms with Crippen LogP contribution in [-0.4, -0.2) is 31.0 Å². The van der Waals surface area contributed by atoms with E-state index >= 15 is 0 Å². The molecule has 0 atom stereocenters. The molecule has 0 unspecified atom stereocenters. The van der Waals surface area contributed by atoms with Crippen molar-refractivity contribution in [2.24, 2.45) is 5.41 Å². The summed E-state index contributed by atoms with van der Waals surface area (Å²) in [4.78, 5) is 30.5. The van der Waals surface area contributed by atoms with Crippen molar-refractivity contribution in [1.29, 1.82) is 0 Å². The van der Waals surface area contributed by atoms with Crippen molar-refractivity contribution in [3.8, 4) is 5.75 Å². The molecule has 0 spiro atoms. The van der Waals surface area contributed by atoms with Gasteiger partial charge in [0.15, 0.2) is 0 Å². The molecular weight excluding hydrogens is 318 g/mol. The lowest BCUT2D eigenvalue weighted by molar-refractivity contribution is -0.123. The lowest BCUT2D eigenvalue weighted by atomic mass is 9.95. The lowest BCUT2D eigenvalue weighted by Gasteiger charge is -2.21. The second kappa shape index (κ2) is 7.34. The smallest absolute Gasteiger partial charge is 0.258 e. The monoisotopic (exact) mass is 341 g/mol. The van der Waals surface area contributed by atoms with Gasteiger partial charge in [0.2, 0.25) is 5.91 Å². The zero-order chi connectivity index (χ0) is 18.6. The summed E-state index contributed by atoms with van der Waals surface area (Å²) in [6, 6.07) is 8.53. The number of nitrogens with one attached hydrogen (secondary N) is 1. The first-order chi connectivity index (χ1) is 11.7. The third-order valence-electron chi connectivity index (χ3n) is 3.71. The Morgan fingerprint density at radius 1 is 1.20 bits per heavy atom. The number of carbonyl (C=O) groups is 2. The molecule has 0 aliphatic carbocycles. The zero-order valence-electron chi connectivity index (χ0n) is 15.2. The minimum absolute atomic E-state index is 0.156. The van der Waals surface area contributed by atoms with E-state index in [9.17, 15) is 9.59 Å². The molecule has 2 aromatic rings. The Bertz CT molecular complexity index is 767. The van der Waals surface area contributed by atoms with Crippen LogP contribution in [0.15, 0.2) is 42.7 Å². The van der Waals surface area contributed by atoms with Crippen molar-refractivity contribution in [3.63, 3.8) is 0 Å². The third-order valence-corrected chi connectivity index (χ3v) is 3.71. The van der Waals surface area contributed by atoms with Gasteiger partial charge < -0.3 is 15.0 Å². The number of ether oxygens (including phenoxy) is 1. The Balaban J connectivity index is 2.32. The van der Waals surface area contributed by atoms with E-state index in [1.807, 2.05) is 20.8 Å². The number of nitrogens with zero attached hydrogens (tertiary/aromatic N) is 2. The summed E-state index contributed by atoms with van der Waals surface area (Å²) in [5.74, 6) is 0.135. The van der Waals surface area contributed by atoms with E-state index in [4.69, 9.17) is 4.74 Å². The van der Waals surface area contributed by atoms with Gasteiger partial charge in [0.05, 0.1) is 24.7 Å². The van der Waals surface area contributed by atoms with Gasteiger partial charge in [-0.1, -0.05) is 20.8 Å². The summed E-state index contributed by atoms with van der Waals surface area (Å²) in [5, 5.41) is 2.83. The zero-order valence-corrected chi connectivity index (χ0v) is 15.2. The molecule has 132 valence electrons. The molecule has 0 saturated heterocycles. The average molecular weight is 341 g/mol. The Kier molecular flexibility index (Phi) is 5.41. The number of rotatable bonds is 4. The number of methoxy groups -OCH3 is 1. The Labute approximate surface area is 147 Å². The highest BCUT2D eigenvalue weighted by molar-refractivity contribution is 6.07. The molecule has 6 nitrogen and oxygen atoms in total. The maximum absolute atomic E-state index is 12.7. The maximum atomic E-state index is 12.7. The Hall–Kier alpha value is -2.89. The second-order valence-corrected chi connectivity index (χ2v) is 6.69. The first-order valence-electron chi connectivity index (χ1n) is 7.91. The van der Waals surface area contributed by atoms with Gasteiger partial charge in [-0.3, -0.25) is 14.6 Å². The van der Waals surface area contributed by atoms with Gasteiger partial charge in [-0.2, -0.15) is 0 Å².